The Kier molecular flexibility index (Phi) is 9.51. The molecule has 13 rings (SSSR count). The molecule has 0 amide bonds. The quantitative estimate of drug-likeness (QED) is 0.165. The van der Waals surface area contributed by atoms with Gasteiger partial charge in [0.25, 0.3) is 6.71 Å². The SMILES string of the molecule is CC(C)(C)c1ccc(N2c3cc4c(cc3B3c5oc6cc7c(cc6c5N(c5ccc(C(C)(C)C)cc5-c5ccccc5)c5cc(C(C)(C)C)cc2c53)C2(C)CCC7(C)CC2)C(C)(C)CCC4(C)C)cc1. The van der Waals surface area contributed by atoms with Crippen LogP contribution in [-0.2, 0) is 37.9 Å². The fourth-order valence-electron chi connectivity index (χ4n) is 13.6. The van der Waals surface area contributed by atoms with Crippen molar-refractivity contribution in [2.75, 3.05) is 9.80 Å². The lowest BCUT2D eigenvalue weighted by Crippen LogP contribution is -2.61. The van der Waals surface area contributed by atoms with E-state index in [1.807, 2.05) is 0 Å². The van der Waals surface area contributed by atoms with Gasteiger partial charge < -0.3 is 14.2 Å². The molecule has 3 heterocycles. The molecular formula is C66H75BN2O. The zero-order valence-electron chi connectivity index (χ0n) is 45.0. The van der Waals surface area contributed by atoms with Crippen molar-refractivity contribution in [3.8, 4) is 11.1 Å². The van der Waals surface area contributed by atoms with Gasteiger partial charge in [0.2, 0.25) is 0 Å². The maximum Gasteiger partial charge on any atom is 0.297 e. The maximum absolute atomic E-state index is 7.79. The summed E-state index contributed by atoms with van der Waals surface area (Å²) in [6, 6.07) is 43.5. The van der Waals surface area contributed by atoms with Crippen molar-refractivity contribution in [2.24, 2.45) is 0 Å². The van der Waals surface area contributed by atoms with E-state index in [0.29, 0.717) is 0 Å². The van der Waals surface area contributed by atoms with Crippen molar-refractivity contribution in [1.29, 1.82) is 0 Å². The second kappa shape index (κ2) is 14.6. The molecule has 2 bridgehead atoms. The predicted octanol–water partition coefficient (Wildman–Crippen LogP) is 16.5. The molecule has 0 saturated heterocycles. The average molecular weight is 923 g/mol. The van der Waals surface area contributed by atoms with Crippen LogP contribution in [0, 0.1) is 0 Å². The summed E-state index contributed by atoms with van der Waals surface area (Å²) in [4.78, 5) is 5.32. The monoisotopic (exact) mass is 923 g/mol. The molecule has 70 heavy (non-hydrogen) atoms. The summed E-state index contributed by atoms with van der Waals surface area (Å²) in [7, 11) is 0. The summed E-state index contributed by atoms with van der Waals surface area (Å²) in [5.41, 5.74) is 24.8. The van der Waals surface area contributed by atoms with E-state index in [2.05, 4.69) is 223 Å². The van der Waals surface area contributed by atoms with E-state index in [-0.39, 0.29) is 44.6 Å². The van der Waals surface area contributed by atoms with Crippen LogP contribution in [0.4, 0.5) is 34.1 Å². The standard InChI is InChI=1S/C66H75BN2O/c1-60(2,3)41-21-24-44(25-22-41)68-53-38-48-47(63(10,11)27-28-64(48,12)13)37-51(53)67-57-54(68)34-43(62(7,8)9)35-55(57)69(52-26-23-42(61(4,5)6)33-45(52)40-19-17-16-18-20-40)58-46-36-49-50(39-56(46)70-59(58)67)66(15)31-29-65(49,14)30-32-66/h16-26,33-39H,27-32H2,1-15H3. The Hall–Kier alpha value is -5.48. The van der Waals surface area contributed by atoms with Gasteiger partial charge in [0.05, 0.1) is 17.0 Å². The van der Waals surface area contributed by atoms with E-state index in [1.54, 1.807) is 0 Å². The van der Waals surface area contributed by atoms with Gasteiger partial charge in [-0.2, -0.15) is 0 Å². The van der Waals surface area contributed by atoms with Crippen LogP contribution in [0.25, 0.3) is 22.1 Å². The zero-order valence-corrected chi connectivity index (χ0v) is 45.0. The van der Waals surface area contributed by atoms with Gasteiger partial charge in [-0.1, -0.05) is 158 Å². The molecule has 0 radical (unpaired) electrons. The van der Waals surface area contributed by atoms with Gasteiger partial charge in [0.1, 0.15) is 5.58 Å². The number of benzene rings is 6. The number of hydrogen-bond donors (Lipinski definition) is 0. The molecule has 0 unspecified atom stereocenters. The molecule has 4 aliphatic carbocycles. The smallest absolute Gasteiger partial charge is 0.297 e. The highest BCUT2D eigenvalue weighted by molar-refractivity contribution is 7.00. The molecule has 1 aromatic heterocycles. The summed E-state index contributed by atoms with van der Waals surface area (Å²) < 4.78 is 7.79. The van der Waals surface area contributed by atoms with Crippen molar-refractivity contribution in [2.45, 2.75) is 180 Å². The van der Waals surface area contributed by atoms with Gasteiger partial charge in [0.15, 0.2) is 0 Å². The zero-order chi connectivity index (χ0) is 49.5. The Morgan fingerprint density at radius 2 is 1.01 bits per heavy atom. The van der Waals surface area contributed by atoms with Crippen molar-refractivity contribution in [1.82, 2.24) is 0 Å². The lowest BCUT2D eigenvalue weighted by Gasteiger charge is -2.52. The van der Waals surface area contributed by atoms with E-state index < -0.39 is 0 Å². The van der Waals surface area contributed by atoms with E-state index >= 15 is 0 Å². The number of anilines is 6. The second-order valence-corrected chi connectivity index (χ2v) is 27.5. The van der Waals surface area contributed by atoms with Crippen LogP contribution in [0.5, 0.6) is 0 Å². The lowest BCUT2D eigenvalue weighted by molar-refractivity contribution is 0.188. The molecule has 0 atom stereocenters. The van der Waals surface area contributed by atoms with E-state index in [9.17, 15) is 0 Å². The van der Waals surface area contributed by atoms with E-state index in [4.69, 9.17) is 4.42 Å². The number of hydrogen-bond acceptors (Lipinski definition) is 3. The van der Waals surface area contributed by atoms with E-state index in [1.165, 1.54) is 126 Å². The minimum absolute atomic E-state index is 0.0261. The minimum atomic E-state index is -0.143. The van der Waals surface area contributed by atoms with Gasteiger partial charge in [-0.15, -0.1) is 0 Å². The van der Waals surface area contributed by atoms with Gasteiger partial charge in [-0.25, -0.2) is 0 Å². The molecule has 1 fully saturated rings. The first-order valence-corrected chi connectivity index (χ1v) is 26.7. The molecule has 3 nitrogen and oxygen atoms in total. The van der Waals surface area contributed by atoms with Crippen LogP contribution in [0.2, 0.25) is 0 Å². The third kappa shape index (κ3) is 6.66. The highest BCUT2D eigenvalue weighted by Crippen LogP contribution is 2.59. The molecule has 4 heteroatoms. The fraction of sp³-hybridized carbons (Fsp3) is 0.424. The molecular weight excluding hydrogens is 848 g/mol. The van der Waals surface area contributed by atoms with Gasteiger partial charge in [-0.05, 0) is 186 Å². The molecule has 0 spiro atoms. The highest BCUT2D eigenvalue weighted by atomic mass is 16.3. The molecule has 358 valence electrons. The molecule has 1 saturated carbocycles. The Balaban J connectivity index is 1.25. The topological polar surface area (TPSA) is 19.6 Å². The van der Waals surface area contributed by atoms with Crippen LogP contribution >= 0.6 is 0 Å². The first-order valence-electron chi connectivity index (χ1n) is 26.7. The third-order valence-corrected chi connectivity index (χ3v) is 18.6. The van der Waals surface area contributed by atoms with Crippen molar-refractivity contribution in [3.05, 3.63) is 148 Å². The summed E-state index contributed by atoms with van der Waals surface area (Å²) in [6.07, 6.45) is 7.26. The molecule has 6 aliphatic rings. The van der Waals surface area contributed by atoms with Crippen LogP contribution in [0.3, 0.4) is 0 Å². The molecule has 2 aliphatic heterocycles. The number of fused-ring (bicyclic) bond motifs is 9. The van der Waals surface area contributed by atoms with Gasteiger partial charge in [-0.3, -0.25) is 0 Å². The Morgan fingerprint density at radius 1 is 0.471 bits per heavy atom. The fourth-order valence-corrected chi connectivity index (χ4v) is 13.6. The lowest BCUT2D eigenvalue weighted by atomic mass is 9.35. The van der Waals surface area contributed by atoms with Gasteiger partial charge >= 0.3 is 0 Å². The summed E-state index contributed by atoms with van der Waals surface area (Å²) in [5.74, 6) is 0. The maximum atomic E-state index is 7.79. The van der Waals surface area contributed by atoms with Crippen molar-refractivity contribution < 1.29 is 4.42 Å². The number of nitrogens with zero attached hydrogens (tertiary/aromatic N) is 2. The largest absolute Gasteiger partial charge is 0.468 e. The molecule has 7 aromatic rings. The average Bonchev–Trinajstić information content (AvgIpc) is 3.68. The Morgan fingerprint density at radius 3 is 1.60 bits per heavy atom. The summed E-state index contributed by atoms with van der Waals surface area (Å²) in [5, 5.41) is 1.24. The van der Waals surface area contributed by atoms with Crippen molar-refractivity contribution >= 4 is 68.4 Å². The van der Waals surface area contributed by atoms with Crippen molar-refractivity contribution in [3.63, 3.8) is 0 Å². The van der Waals surface area contributed by atoms with Crippen LogP contribution in [-0.4, -0.2) is 6.71 Å². The van der Waals surface area contributed by atoms with E-state index in [0.717, 1.165) is 24.1 Å². The highest BCUT2D eigenvalue weighted by Gasteiger charge is 2.52. The minimum Gasteiger partial charge on any atom is -0.468 e. The second-order valence-electron chi connectivity index (χ2n) is 27.5. The van der Waals surface area contributed by atoms with Crippen LogP contribution < -0.4 is 26.4 Å². The van der Waals surface area contributed by atoms with Crippen LogP contribution in [0.1, 0.15) is 181 Å². The number of furan rings is 1. The summed E-state index contributed by atoms with van der Waals surface area (Å²) in [6.45, 7) is 36.0. The predicted molar refractivity (Wildman–Crippen MR) is 300 cm³/mol. The molecule has 6 aromatic carbocycles. The molecule has 0 N–H and O–H groups in total. The Labute approximate surface area is 420 Å². The van der Waals surface area contributed by atoms with Gasteiger partial charge in [0, 0.05) is 33.7 Å². The number of rotatable bonds is 3. The first kappa shape index (κ1) is 45.6. The normalized spacial score (nSPS) is 21.8. The summed E-state index contributed by atoms with van der Waals surface area (Å²) >= 11 is 0. The Bertz CT molecular complexity index is 3300. The first-order chi connectivity index (χ1) is 32.8. The third-order valence-electron chi connectivity index (χ3n) is 18.6. The van der Waals surface area contributed by atoms with Crippen LogP contribution in [0.15, 0.2) is 114 Å².